The number of primary amides is 1. The number of nitrogens with zero attached hydrogens (tertiary/aromatic N) is 1. The van der Waals surface area contributed by atoms with E-state index < -0.39 is 0 Å². The van der Waals surface area contributed by atoms with E-state index >= 15 is 0 Å². The minimum atomic E-state index is -0.297. The van der Waals surface area contributed by atoms with Crippen LogP contribution in [0.3, 0.4) is 0 Å². The average molecular weight is 312 g/mol. The SMILES string of the molecule is C\C=C/C(/C=C/c1cc(O)ccc1C)=C\C=N\CCCC(N)=O. The van der Waals surface area contributed by atoms with Crippen LogP contribution in [-0.4, -0.2) is 23.8 Å². The van der Waals surface area contributed by atoms with Crippen LogP contribution in [0.2, 0.25) is 0 Å². The first kappa shape index (κ1) is 18.4. The third-order valence-electron chi connectivity index (χ3n) is 3.16. The third kappa shape index (κ3) is 7.81. The lowest BCUT2D eigenvalue weighted by Crippen LogP contribution is -2.10. The Labute approximate surface area is 137 Å². The lowest BCUT2D eigenvalue weighted by Gasteiger charge is -2.01. The molecule has 0 atom stereocenters. The highest BCUT2D eigenvalue weighted by Gasteiger charge is 1.96. The number of carbonyl (C=O) groups is 1. The molecule has 1 rings (SSSR count). The Morgan fingerprint density at radius 1 is 1.35 bits per heavy atom. The molecule has 0 radical (unpaired) electrons. The maximum absolute atomic E-state index is 10.6. The van der Waals surface area contributed by atoms with Crippen LogP contribution in [0.25, 0.3) is 6.08 Å². The van der Waals surface area contributed by atoms with Gasteiger partial charge in [0.15, 0.2) is 0 Å². The molecule has 0 aliphatic heterocycles. The predicted octanol–water partition coefficient (Wildman–Crippen LogP) is 3.55. The Morgan fingerprint density at radius 3 is 2.83 bits per heavy atom. The fraction of sp³-hybridized carbons (Fsp3) is 0.263. The van der Waals surface area contributed by atoms with Crippen LogP contribution in [0.1, 0.15) is 30.9 Å². The summed E-state index contributed by atoms with van der Waals surface area (Å²) in [5, 5.41) is 9.55. The summed E-state index contributed by atoms with van der Waals surface area (Å²) in [6, 6.07) is 5.29. The van der Waals surface area contributed by atoms with Gasteiger partial charge in [-0.3, -0.25) is 9.79 Å². The Hall–Kier alpha value is -2.62. The molecule has 122 valence electrons. The van der Waals surface area contributed by atoms with Crippen molar-refractivity contribution in [2.45, 2.75) is 26.7 Å². The number of phenolic OH excluding ortho intramolecular Hbond substituents is 1. The molecule has 0 spiro atoms. The van der Waals surface area contributed by atoms with E-state index in [1.54, 1.807) is 18.3 Å². The van der Waals surface area contributed by atoms with E-state index in [-0.39, 0.29) is 11.7 Å². The van der Waals surface area contributed by atoms with Gasteiger partial charge in [0.05, 0.1) is 0 Å². The Bertz CT molecular complexity index is 641. The van der Waals surface area contributed by atoms with Crippen LogP contribution in [0.15, 0.2) is 53.1 Å². The molecule has 0 aromatic heterocycles. The number of phenols is 1. The first-order valence-corrected chi connectivity index (χ1v) is 7.61. The molecule has 1 amide bonds. The molecule has 23 heavy (non-hydrogen) atoms. The number of nitrogens with two attached hydrogens (primary N) is 1. The zero-order chi connectivity index (χ0) is 17.1. The number of carbonyl (C=O) groups excluding carboxylic acids is 1. The Balaban J connectivity index is 2.72. The number of hydrogen-bond acceptors (Lipinski definition) is 3. The van der Waals surface area contributed by atoms with Crippen molar-refractivity contribution in [3.05, 3.63) is 59.2 Å². The fourth-order valence-corrected chi connectivity index (χ4v) is 1.91. The number of rotatable bonds is 8. The molecule has 1 aromatic rings. The molecule has 4 heteroatoms. The lowest BCUT2D eigenvalue weighted by molar-refractivity contribution is -0.118. The van der Waals surface area contributed by atoms with Gasteiger partial charge in [-0.15, -0.1) is 0 Å². The van der Waals surface area contributed by atoms with E-state index in [1.165, 1.54) is 0 Å². The number of aliphatic imine (C=N–C) groups is 1. The van der Waals surface area contributed by atoms with Crippen molar-refractivity contribution in [2.24, 2.45) is 10.7 Å². The van der Waals surface area contributed by atoms with Gasteiger partial charge in [0, 0.05) is 19.2 Å². The minimum Gasteiger partial charge on any atom is -0.508 e. The van der Waals surface area contributed by atoms with Crippen molar-refractivity contribution in [1.82, 2.24) is 0 Å². The zero-order valence-electron chi connectivity index (χ0n) is 13.7. The molecule has 0 heterocycles. The van der Waals surface area contributed by atoms with Crippen molar-refractivity contribution in [3.63, 3.8) is 0 Å². The summed E-state index contributed by atoms with van der Waals surface area (Å²) in [7, 11) is 0. The summed E-state index contributed by atoms with van der Waals surface area (Å²) < 4.78 is 0. The highest BCUT2D eigenvalue weighted by atomic mass is 16.3. The van der Waals surface area contributed by atoms with Gasteiger partial charge in [0.2, 0.25) is 5.91 Å². The topological polar surface area (TPSA) is 75.7 Å². The van der Waals surface area contributed by atoms with Gasteiger partial charge < -0.3 is 10.8 Å². The number of hydrogen-bond donors (Lipinski definition) is 2. The van der Waals surface area contributed by atoms with Crippen LogP contribution in [-0.2, 0) is 4.79 Å². The maximum atomic E-state index is 10.6. The Kier molecular flexibility index (Phi) is 8.14. The molecule has 0 aliphatic rings. The molecular formula is C19H24N2O2. The van der Waals surface area contributed by atoms with Crippen LogP contribution < -0.4 is 5.73 Å². The van der Waals surface area contributed by atoms with Gasteiger partial charge in [-0.25, -0.2) is 0 Å². The molecule has 0 aliphatic carbocycles. The van der Waals surface area contributed by atoms with Gasteiger partial charge >= 0.3 is 0 Å². The van der Waals surface area contributed by atoms with Gasteiger partial charge in [0.1, 0.15) is 5.75 Å². The minimum absolute atomic E-state index is 0.253. The first-order valence-electron chi connectivity index (χ1n) is 7.61. The number of amides is 1. The lowest BCUT2D eigenvalue weighted by atomic mass is 10.1. The van der Waals surface area contributed by atoms with E-state index in [9.17, 15) is 9.90 Å². The number of benzene rings is 1. The maximum Gasteiger partial charge on any atom is 0.217 e. The van der Waals surface area contributed by atoms with Gasteiger partial charge in [-0.05, 0) is 55.2 Å². The average Bonchev–Trinajstić information content (AvgIpc) is 2.50. The second-order valence-electron chi connectivity index (χ2n) is 5.17. The largest absolute Gasteiger partial charge is 0.508 e. The molecule has 0 saturated carbocycles. The second kappa shape index (κ2) is 10.2. The molecule has 0 unspecified atom stereocenters. The summed E-state index contributed by atoms with van der Waals surface area (Å²) in [6.45, 7) is 4.53. The smallest absolute Gasteiger partial charge is 0.217 e. The highest BCUT2D eigenvalue weighted by molar-refractivity contribution is 5.75. The van der Waals surface area contributed by atoms with Crippen molar-refractivity contribution < 1.29 is 9.90 Å². The van der Waals surface area contributed by atoms with E-state index in [2.05, 4.69) is 4.99 Å². The standard InChI is InChI=1S/C19H24N2O2/c1-3-5-16(11-13-21-12-4-6-19(20)23)8-9-17-14-18(22)10-7-15(17)2/h3,5,7-11,13-14,22H,4,6,12H2,1-2H3,(H2,20,23)/b5-3-,9-8+,16-11+,21-13+. The normalized spacial score (nSPS) is 12.7. The van der Waals surface area contributed by atoms with Gasteiger partial charge in [-0.2, -0.15) is 0 Å². The van der Waals surface area contributed by atoms with Gasteiger partial charge in [0.25, 0.3) is 0 Å². The monoisotopic (exact) mass is 312 g/mol. The van der Waals surface area contributed by atoms with E-state index in [4.69, 9.17) is 5.73 Å². The van der Waals surface area contributed by atoms with E-state index in [0.717, 1.165) is 16.7 Å². The molecule has 0 fully saturated rings. The van der Waals surface area contributed by atoms with E-state index in [0.29, 0.717) is 19.4 Å². The first-order chi connectivity index (χ1) is 11.0. The van der Waals surface area contributed by atoms with Crippen LogP contribution in [0.4, 0.5) is 0 Å². The van der Waals surface area contributed by atoms with E-state index in [1.807, 2.05) is 50.3 Å². The van der Waals surface area contributed by atoms with Crippen molar-refractivity contribution in [1.29, 1.82) is 0 Å². The van der Waals surface area contributed by atoms with Crippen LogP contribution >= 0.6 is 0 Å². The molecule has 0 saturated heterocycles. The summed E-state index contributed by atoms with van der Waals surface area (Å²) in [6.07, 6.45) is 12.5. The quantitative estimate of drug-likeness (QED) is 0.437. The van der Waals surface area contributed by atoms with Gasteiger partial charge in [-0.1, -0.05) is 30.4 Å². The number of allylic oxidation sites excluding steroid dienone is 5. The Morgan fingerprint density at radius 2 is 2.13 bits per heavy atom. The molecule has 3 N–H and O–H groups in total. The van der Waals surface area contributed by atoms with Crippen LogP contribution in [0, 0.1) is 6.92 Å². The third-order valence-corrected chi connectivity index (χ3v) is 3.16. The molecule has 4 nitrogen and oxygen atoms in total. The predicted molar refractivity (Wildman–Crippen MR) is 96.6 cm³/mol. The summed E-state index contributed by atoms with van der Waals surface area (Å²) in [5.41, 5.74) is 8.14. The molecule has 1 aromatic carbocycles. The second-order valence-corrected chi connectivity index (χ2v) is 5.17. The number of aromatic hydroxyl groups is 1. The fourth-order valence-electron chi connectivity index (χ4n) is 1.91. The highest BCUT2D eigenvalue weighted by Crippen LogP contribution is 2.18. The van der Waals surface area contributed by atoms with Crippen molar-refractivity contribution in [2.75, 3.05) is 6.54 Å². The van der Waals surface area contributed by atoms with Crippen molar-refractivity contribution >= 4 is 18.2 Å². The summed E-state index contributed by atoms with van der Waals surface area (Å²) in [4.78, 5) is 14.9. The van der Waals surface area contributed by atoms with Crippen molar-refractivity contribution in [3.8, 4) is 5.75 Å². The van der Waals surface area contributed by atoms with Crippen LogP contribution in [0.5, 0.6) is 5.75 Å². The molecular weight excluding hydrogens is 288 g/mol. The summed E-state index contributed by atoms with van der Waals surface area (Å²) in [5.74, 6) is -0.0439. The summed E-state index contributed by atoms with van der Waals surface area (Å²) >= 11 is 0. The molecule has 0 bridgehead atoms. The number of aryl methyl sites for hydroxylation is 1. The zero-order valence-corrected chi connectivity index (χ0v) is 13.7.